The fraction of sp³-hybridized carbons (Fsp3) is 0.545. The molecule has 2 N–H and O–H groups in total. The molecule has 1 heterocycles. The minimum atomic E-state index is -0.942. The summed E-state index contributed by atoms with van der Waals surface area (Å²) in [6, 6.07) is 2.13. The van der Waals surface area contributed by atoms with Gasteiger partial charge in [0.05, 0.1) is 12.1 Å². The van der Waals surface area contributed by atoms with Crippen molar-refractivity contribution in [3.05, 3.63) is 23.7 Å². The average molecular weight is 209 g/mol. The van der Waals surface area contributed by atoms with Crippen LogP contribution in [-0.2, 0) is 6.54 Å². The van der Waals surface area contributed by atoms with E-state index in [0.717, 1.165) is 5.92 Å². The third kappa shape index (κ3) is 2.39. The van der Waals surface area contributed by atoms with Gasteiger partial charge in [-0.3, -0.25) is 0 Å². The summed E-state index contributed by atoms with van der Waals surface area (Å²) in [7, 11) is 0. The second-order valence-corrected chi connectivity index (χ2v) is 4.26. The van der Waals surface area contributed by atoms with Crippen molar-refractivity contribution in [1.82, 2.24) is 5.32 Å². The number of carboxylic acids is 1. The van der Waals surface area contributed by atoms with Crippen molar-refractivity contribution in [2.24, 2.45) is 5.92 Å². The standard InChI is InChI=1S/C11H15NO3/c1-7-2-9(3-7)12-5-10-4-8(6-15-10)11(13)14/h4,6-7,9,12H,2-3,5H2,1H3,(H,13,14). The SMILES string of the molecule is CC1CC(NCc2cc(C(=O)O)co2)C1. The van der Waals surface area contributed by atoms with Gasteiger partial charge in [0.15, 0.2) is 0 Å². The molecule has 1 saturated carbocycles. The second-order valence-electron chi connectivity index (χ2n) is 4.26. The van der Waals surface area contributed by atoms with Gasteiger partial charge < -0.3 is 14.8 Å². The highest BCUT2D eigenvalue weighted by molar-refractivity contribution is 5.87. The molecule has 4 heteroatoms. The quantitative estimate of drug-likeness (QED) is 0.794. The number of hydrogen-bond acceptors (Lipinski definition) is 3. The monoisotopic (exact) mass is 209 g/mol. The molecule has 1 aromatic heterocycles. The van der Waals surface area contributed by atoms with Crippen molar-refractivity contribution >= 4 is 5.97 Å². The van der Waals surface area contributed by atoms with E-state index in [1.165, 1.54) is 19.1 Å². The lowest BCUT2D eigenvalue weighted by atomic mass is 9.82. The molecule has 1 fully saturated rings. The Bertz CT molecular complexity index is 352. The number of aromatic carboxylic acids is 1. The summed E-state index contributed by atoms with van der Waals surface area (Å²) >= 11 is 0. The summed E-state index contributed by atoms with van der Waals surface area (Å²) in [5.74, 6) is 0.558. The predicted molar refractivity (Wildman–Crippen MR) is 54.7 cm³/mol. The minimum absolute atomic E-state index is 0.216. The Morgan fingerprint density at radius 1 is 1.67 bits per heavy atom. The fourth-order valence-electron chi connectivity index (χ4n) is 1.90. The molecule has 0 unspecified atom stereocenters. The van der Waals surface area contributed by atoms with Gasteiger partial charge in [0, 0.05) is 6.04 Å². The van der Waals surface area contributed by atoms with Gasteiger partial charge in [-0.25, -0.2) is 4.79 Å². The largest absolute Gasteiger partial charge is 0.478 e. The van der Waals surface area contributed by atoms with Gasteiger partial charge in [-0.15, -0.1) is 0 Å². The van der Waals surface area contributed by atoms with E-state index >= 15 is 0 Å². The molecular weight excluding hydrogens is 194 g/mol. The topological polar surface area (TPSA) is 62.5 Å². The Balaban J connectivity index is 1.81. The summed E-state index contributed by atoms with van der Waals surface area (Å²) in [6.07, 6.45) is 3.68. The van der Waals surface area contributed by atoms with Crippen LogP contribution in [0.5, 0.6) is 0 Å². The van der Waals surface area contributed by atoms with E-state index in [-0.39, 0.29) is 5.56 Å². The van der Waals surface area contributed by atoms with Crippen molar-refractivity contribution in [3.63, 3.8) is 0 Å². The normalized spacial score (nSPS) is 24.9. The van der Waals surface area contributed by atoms with E-state index < -0.39 is 5.97 Å². The van der Waals surface area contributed by atoms with E-state index in [4.69, 9.17) is 9.52 Å². The molecule has 0 atom stereocenters. The molecular formula is C11H15NO3. The van der Waals surface area contributed by atoms with Gasteiger partial charge in [0.25, 0.3) is 0 Å². The zero-order valence-corrected chi connectivity index (χ0v) is 8.69. The molecule has 15 heavy (non-hydrogen) atoms. The minimum Gasteiger partial charge on any atom is -0.478 e. The molecule has 0 radical (unpaired) electrons. The zero-order chi connectivity index (χ0) is 10.8. The fourth-order valence-corrected chi connectivity index (χ4v) is 1.90. The Hall–Kier alpha value is -1.29. The Morgan fingerprint density at radius 2 is 2.40 bits per heavy atom. The Morgan fingerprint density at radius 3 is 2.93 bits per heavy atom. The highest BCUT2D eigenvalue weighted by Crippen LogP contribution is 2.26. The van der Waals surface area contributed by atoms with Crippen molar-refractivity contribution in [2.75, 3.05) is 0 Å². The second kappa shape index (κ2) is 4.06. The van der Waals surface area contributed by atoms with Crippen LogP contribution in [0.1, 0.15) is 35.9 Å². The van der Waals surface area contributed by atoms with Crippen LogP contribution in [-0.4, -0.2) is 17.1 Å². The molecule has 4 nitrogen and oxygen atoms in total. The number of carbonyl (C=O) groups is 1. The van der Waals surface area contributed by atoms with Crippen LogP contribution in [0, 0.1) is 5.92 Å². The maximum absolute atomic E-state index is 10.6. The van der Waals surface area contributed by atoms with Gasteiger partial charge >= 0.3 is 5.97 Å². The summed E-state index contributed by atoms with van der Waals surface area (Å²) in [5.41, 5.74) is 0.216. The molecule has 1 aliphatic carbocycles. The average Bonchev–Trinajstić information content (AvgIpc) is 2.59. The van der Waals surface area contributed by atoms with Gasteiger partial charge in [-0.05, 0) is 24.8 Å². The van der Waals surface area contributed by atoms with Crippen LogP contribution in [0.25, 0.3) is 0 Å². The molecule has 0 saturated heterocycles. The summed E-state index contributed by atoms with van der Waals surface area (Å²) in [4.78, 5) is 10.6. The lowest BCUT2D eigenvalue weighted by Gasteiger charge is -2.33. The highest BCUT2D eigenvalue weighted by atomic mass is 16.4. The van der Waals surface area contributed by atoms with Crippen molar-refractivity contribution in [3.8, 4) is 0 Å². The Labute approximate surface area is 88.3 Å². The van der Waals surface area contributed by atoms with Crippen LogP contribution in [0.3, 0.4) is 0 Å². The molecule has 0 amide bonds. The zero-order valence-electron chi connectivity index (χ0n) is 8.69. The first kappa shape index (κ1) is 10.2. The van der Waals surface area contributed by atoms with Gasteiger partial charge in [-0.1, -0.05) is 6.92 Å². The molecule has 2 rings (SSSR count). The summed E-state index contributed by atoms with van der Waals surface area (Å²) in [6.45, 7) is 2.85. The van der Waals surface area contributed by atoms with Gasteiger partial charge in [-0.2, -0.15) is 0 Å². The molecule has 0 aromatic carbocycles. The summed E-state index contributed by atoms with van der Waals surface area (Å²) in [5, 5.41) is 12.0. The molecule has 1 aromatic rings. The van der Waals surface area contributed by atoms with E-state index in [1.807, 2.05) is 0 Å². The first-order valence-electron chi connectivity index (χ1n) is 5.19. The molecule has 82 valence electrons. The number of nitrogens with one attached hydrogen (secondary N) is 1. The molecule has 0 bridgehead atoms. The van der Waals surface area contributed by atoms with Crippen LogP contribution >= 0.6 is 0 Å². The predicted octanol–water partition coefficient (Wildman–Crippen LogP) is 1.87. The van der Waals surface area contributed by atoms with Crippen LogP contribution in [0.2, 0.25) is 0 Å². The van der Waals surface area contributed by atoms with E-state index in [2.05, 4.69) is 12.2 Å². The molecule has 0 aliphatic heterocycles. The number of rotatable bonds is 4. The highest BCUT2D eigenvalue weighted by Gasteiger charge is 2.24. The van der Waals surface area contributed by atoms with Crippen molar-refractivity contribution in [1.29, 1.82) is 0 Å². The first-order chi connectivity index (χ1) is 7.15. The van der Waals surface area contributed by atoms with Crippen LogP contribution in [0.15, 0.2) is 16.7 Å². The maximum Gasteiger partial charge on any atom is 0.338 e. The van der Waals surface area contributed by atoms with E-state index in [9.17, 15) is 4.79 Å². The van der Waals surface area contributed by atoms with Gasteiger partial charge in [0.2, 0.25) is 0 Å². The van der Waals surface area contributed by atoms with Crippen LogP contribution < -0.4 is 5.32 Å². The third-order valence-electron chi connectivity index (χ3n) is 2.84. The number of furan rings is 1. The third-order valence-corrected chi connectivity index (χ3v) is 2.84. The summed E-state index contributed by atoms with van der Waals surface area (Å²) < 4.78 is 5.13. The van der Waals surface area contributed by atoms with Crippen molar-refractivity contribution < 1.29 is 14.3 Å². The molecule has 0 spiro atoms. The maximum atomic E-state index is 10.6. The smallest absolute Gasteiger partial charge is 0.338 e. The van der Waals surface area contributed by atoms with Gasteiger partial charge in [0.1, 0.15) is 12.0 Å². The number of hydrogen-bond donors (Lipinski definition) is 2. The lowest BCUT2D eigenvalue weighted by molar-refractivity contribution is 0.0696. The number of carboxylic acid groups (broad SMARTS) is 1. The Kier molecular flexibility index (Phi) is 2.77. The van der Waals surface area contributed by atoms with E-state index in [0.29, 0.717) is 18.3 Å². The van der Waals surface area contributed by atoms with Crippen molar-refractivity contribution in [2.45, 2.75) is 32.4 Å². The lowest BCUT2D eigenvalue weighted by Crippen LogP contribution is -2.39. The first-order valence-corrected chi connectivity index (χ1v) is 5.19. The molecule has 1 aliphatic rings. The van der Waals surface area contributed by atoms with Crippen LogP contribution in [0.4, 0.5) is 0 Å². The van der Waals surface area contributed by atoms with E-state index in [1.54, 1.807) is 6.07 Å².